The summed E-state index contributed by atoms with van der Waals surface area (Å²) < 4.78 is 1.75. The highest BCUT2D eigenvalue weighted by Crippen LogP contribution is 2.33. The fraction of sp³-hybridized carbons (Fsp3) is 0.200. The molecule has 5 N–H and O–H groups in total. The molecule has 2 unspecified atom stereocenters. The van der Waals surface area contributed by atoms with Gasteiger partial charge in [0.15, 0.2) is 6.17 Å². The summed E-state index contributed by atoms with van der Waals surface area (Å²) in [7, 11) is 0. The smallest absolute Gasteiger partial charge is 0.277 e. The molecule has 0 fully saturated rings. The lowest BCUT2D eigenvalue weighted by atomic mass is 9.90. The van der Waals surface area contributed by atoms with E-state index in [1.807, 2.05) is 0 Å². The standard InChI is InChI=1S/C20H19Cl2N9O2.2ClH/c21-12-1-2-13(14(22)9-12)17-15(30-8-7-25-11-30)10-27-19(29-17)26-6-5-20(31(32)33)4-3-16(23)28-18(20)24;;/h1-4,7-11,18H,5-6,24H2,(H2,23,28)(H,26,27,29);2*1H. The first-order chi connectivity index (χ1) is 15.8. The van der Waals surface area contributed by atoms with Crippen LogP contribution < -0.4 is 16.8 Å². The summed E-state index contributed by atoms with van der Waals surface area (Å²) in [6.45, 7) is 0.159. The van der Waals surface area contributed by atoms with Crippen LogP contribution in [0.1, 0.15) is 6.42 Å². The van der Waals surface area contributed by atoms with Gasteiger partial charge in [-0.25, -0.2) is 19.9 Å². The van der Waals surface area contributed by atoms with E-state index in [-0.39, 0.29) is 49.6 Å². The molecule has 0 radical (unpaired) electrons. The maximum absolute atomic E-state index is 11.8. The summed E-state index contributed by atoms with van der Waals surface area (Å²) in [4.78, 5) is 28.3. The maximum Gasteiger partial charge on any atom is 0.277 e. The molecule has 0 saturated carbocycles. The van der Waals surface area contributed by atoms with Crippen LogP contribution in [0.15, 0.2) is 60.3 Å². The number of anilines is 1. The van der Waals surface area contributed by atoms with Gasteiger partial charge < -0.3 is 21.4 Å². The van der Waals surface area contributed by atoms with Crippen LogP contribution in [0.25, 0.3) is 16.9 Å². The number of hydrogen-bond donors (Lipinski definition) is 3. The largest absolute Gasteiger partial charge is 0.384 e. The number of aliphatic imine (C=N–C) groups is 1. The predicted molar refractivity (Wildman–Crippen MR) is 141 cm³/mol. The van der Waals surface area contributed by atoms with Gasteiger partial charge in [0.25, 0.3) is 5.54 Å². The third kappa shape index (κ3) is 5.82. The molecule has 3 aromatic rings. The highest BCUT2D eigenvalue weighted by atomic mass is 35.5. The number of nitro groups is 1. The van der Waals surface area contributed by atoms with Crippen LogP contribution in [0.2, 0.25) is 10.0 Å². The Labute approximate surface area is 222 Å². The molecule has 1 aliphatic heterocycles. The van der Waals surface area contributed by atoms with Gasteiger partial charge in [-0.05, 0) is 30.4 Å². The van der Waals surface area contributed by atoms with Gasteiger partial charge in [-0.2, -0.15) is 0 Å². The zero-order valence-electron chi connectivity index (χ0n) is 17.9. The van der Waals surface area contributed by atoms with Crippen molar-refractivity contribution >= 4 is 59.8 Å². The van der Waals surface area contributed by atoms with Gasteiger partial charge in [0.1, 0.15) is 11.5 Å². The molecule has 35 heavy (non-hydrogen) atoms. The summed E-state index contributed by atoms with van der Waals surface area (Å²) >= 11 is 12.5. The van der Waals surface area contributed by atoms with Crippen molar-refractivity contribution in [3.63, 3.8) is 0 Å². The second-order valence-corrected chi connectivity index (χ2v) is 8.12. The average molecular weight is 561 g/mol. The van der Waals surface area contributed by atoms with E-state index in [0.29, 0.717) is 27.0 Å². The lowest BCUT2D eigenvalue weighted by Crippen LogP contribution is -2.54. The molecule has 11 nitrogen and oxygen atoms in total. The number of dihydropyridines is 1. The molecule has 0 aliphatic carbocycles. The Morgan fingerprint density at radius 2 is 2.06 bits per heavy atom. The van der Waals surface area contributed by atoms with E-state index in [0.717, 1.165) is 0 Å². The number of rotatable bonds is 7. The Kier molecular flexibility index (Phi) is 9.41. The Hall–Kier alpha value is -2.96. The van der Waals surface area contributed by atoms with Crippen LogP contribution in [0, 0.1) is 10.1 Å². The van der Waals surface area contributed by atoms with Crippen LogP contribution >= 0.6 is 48.0 Å². The fourth-order valence-corrected chi connectivity index (χ4v) is 3.94. The van der Waals surface area contributed by atoms with Gasteiger partial charge in [-0.3, -0.25) is 10.1 Å². The van der Waals surface area contributed by atoms with Gasteiger partial charge in [0.2, 0.25) is 5.95 Å². The third-order valence-electron chi connectivity index (χ3n) is 5.23. The molecule has 186 valence electrons. The van der Waals surface area contributed by atoms with Gasteiger partial charge in [0.05, 0.1) is 23.2 Å². The Bertz CT molecular complexity index is 1250. The van der Waals surface area contributed by atoms with E-state index in [1.165, 1.54) is 12.2 Å². The first-order valence-electron chi connectivity index (χ1n) is 9.77. The molecule has 0 bridgehead atoms. The molecule has 0 spiro atoms. The normalized spacial score (nSPS) is 18.7. The molecule has 0 amide bonds. The van der Waals surface area contributed by atoms with Crippen molar-refractivity contribution < 1.29 is 4.92 Å². The van der Waals surface area contributed by atoms with Gasteiger partial charge >= 0.3 is 0 Å². The second-order valence-electron chi connectivity index (χ2n) is 7.28. The molecule has 4 rings (SSSR count). The van der Waals surface area contributed by atoms with E-state index in [2.05, 4.69) is 25.3 Å². The topological polar surface area (TPSA) is 163 Å². The number of hydrogen-bond acceptors (Lipinski definition) is 9. The minimum absolute atomic E-state index is 0. The Morgan fingerprint density at radius 1 is 1.29 bits per heavy atom. The molecule has 1 aromatic carbocycles. The summed E-state index contributed by atoms with van der Waals surface area (Å²) in [5.74, 6) is 0.408. The first-order valence-corrected chi connectivity index (χ1v) is 10.5. The van der Waals surface area contributed by atoms with Crippen LogP contribution in [0.5, 0.6) is 0 Å². The molecular formula is C20H21Cl4N9O2. The van der Waals surface area contributed by atoms with Gasteiger partial charge in [-0.15, -0.1) is 24.8 Å². The fourth-order valence-electron chi connectivity index (χ4n) is 3.44. The van der Waals surface area contributed by atoms with E-state index >= 15 is 0 Å². The van der Waals surface area contributed by atoms with Gasteiger partial charge in [-0.1, -0.05) is 23.2 Å². The van der Waals surface area contributed by atoms with Crippen LogP contribution in [0.3, 0.4) is 0 Å². The predicted octanol–water partition coefficient (Wildman–Crippen LogP) is 3.51. The second kappa shape index (κ2) is 11.6. The number of aromatic nitrogens is 4. The number of nitrogens with one attached hydrogen (secondary N) is 1. The summed E-state index contributed by atoms with van der Waals surface area (Å²) in [5.41, 5.74) is 11.8. The third-order valence-corrected chi connectivity index (χ3v) is 5.78. The van der Waals surface area contributed by atoms with Crippen molar-refractivity contribution in [2.24, 2.45) is 16.5 Å². The van der Waals surface area contributed by atoms with Crippen LogP contribution in [-0.4, -0.2) is 48.5 Å². The minimum Gasteiger partial charge on any atom is -0.384 e. The molecule has 2 atom stereocenters. The highest BCUT2D eigenvalue weighted by molar-refractivity contribution is 6.36. The first kappa shape index (κ1) is 28.3. The molecule has 0 saturated heterocycles. The molecule has 1 aliphatic rings. The quantitative estimate of drug-likeness (QED) is 0.292. The van der Waals surface area contributed by atoms with E-state index in [4.69, 9.17) is 34.7 Å². The number of nitrogens with two attached hydrogens (primary N) is 2. The molecule has 15 heteroatoms. The SMILES string of the molecule is Cl.Cl.NC1=NC(N)C(CCNc2ncc(-n3ccnc3)c(-c3ccc(Cl)cc3Cl)n2)([N+](=O)[O-])C=C1. The summed E-state index contributed by atoms with van der Waals surface area (Å²) in [5, 5.41) is 15.7. The molecule has 2 aromatic heterocycles. The van der Waals surface area contributed by atoms with Gasteiger partial charge in [0, 0.05) is 40.9 Å². The van der Waals surface area contributed by atoms with Crippen molar-refractivity contribution in [3.05, 3.63) is 75.4 Å². The van der Waals surface area contributed by atoms with Crippen LogP contribution in [-0.2, 0) is 0 Å². The summed E-state index contributed by atoms with van der Waals surface area (Å²) in [6, 6.07) is 5.09. The Morgan fingerprint density at radius 3 is 2.69 bits per heavy atom. The van der Waals surface area contributed by atoms with Crippen molar-refractivity contribution in [1.82, 2.24) is 19.5 Å². The maximum atomic E-state index is 11.8. The number of halogens is 4. The van der Waals surface area contributed by atoms with Crippen molar-refractivity contribution in [3.8, 4) is 16.9 Å². The number of nitrogens with zero attached hydrogens (tertiary/aromatic N) is 6. The zero-order chi connectivity index (χ0) is 23.6. The van der Waals surface area contributed by atoms with E-state index in [9.17, 15) is 10.1 Å². The van der Waals surface area contributed by atoms with Crippen molar-refractivity contribution in [1.29, 1.82) is 0 Å². The summed E-state index contributed by atoms with van der Waals surface area (Å²) in [6.07, 6.45) is 8.31. The number of benzene rings is 1. The Balaban J connectivity index is 0.00000216. The molecular weight excluding hydrogens is 540 g/mol. The lowest BCUT2D eigenvalue weighted by Gasteiger charge is -2.28. The van der Waals surface area contributed by atoms with E-state index < -0.39 is 16.6 Å². The molecule has 3 heterocycles. The monoisotopic (exact) mass is 559 g/mol. The highest BCUT2D eigenvalue weighted by Gasteiger charge is 2.48. The van der Waals surface area contributed by atoms with Crippen molar-refractivity contribution in [2.75, 3.05) is 11.9 Å². The van der Waals surface area contributed by atoms with Crippen molar-refractivity contribution in [2.45, 2.75) is 18.1 Å². The van der Waals surface area contributed by atoms with E-state index in [1.54, 1.807) is 47.7 Å². The van der Waals surface area contributed by atoms with Crippen LogP contribution in [0.4, 0.5) is 5.95 Å². The zero-order valence-corrected chi connectivity index (χ0v) is 21.1. The number of amidine groups is 1. The number of imidazole rings is 1. The average Bonchev–Trinajstić information content (AvgIpc) is 3.30. The minimum atomic E-state index is -1.59. The lowest BCUT2D eigenvalue weighted by molar-refractivity contribution is -0.559.